The number of carbonyl (C=O) groups is 2. The van der Waals surface area contributed by atoms with Crippen LogP contribution in [0.25, 0.3) is 0 Å². The van der Waals surface area contributed by atoms with Gasteiger partial charge in [-0.2, -0.15) is 0 Å². The molecule has 0 aromatic heterocycles. The van der Waals surface area contributed by atoms with Gasteiger partial charge in [0.05, 0.1) is 19.1 Å². The van der Waals surface area contributed by atoms with Gasteiger partial charge in [-0.05, 0) is 31.1 Å². The summed E-state index contributed by atoms with van der Waals surface area (Å²) in [4.78, 5) is 24.8. The molecule has 0 aromatic carbocycles. The minimum atomic E-state index is -0.580. The van der Waals surface area contributed by atoms with Crippen LogP contribution in [0.1, 0.15) is 33.6 Å². The predicted octanol–water partition coefficient (Wildman–Crippen LogP) is 2.64. The van der Waals surface area contributed by atoms with Crippen LogP contribution in [0.5, 0.6) is 0 Å². The van der Waals surface area contributed by atoms with Crippen LogP contribution >= 0.6 is 0 Å². The highest BCUT2D eigenvalue weighted by atomic mass is 16.6. The first-order valence-corrected chi connectivity index (χ1v) is 7.01. The van der Waals surface area contributed by atoms with Crippen LogP contribution in [0, 0.1) is 16.7 Å². The summed E-state index contributed by atoms with van der Waals surface area (Å²) in [6.07, 6.45) is 3.41. The second-order valence-corrected chi connectivity index (χ2v) is 5.98. The van der Waals surface area contributed by atoms with E-state index in [4.69, 9.17) is 9.47 Å². The molecule has 2 atom stereocenters. The number of allylic oxidation sites excluding steroid dienone is 2. The highest BCUT2D eigenvalue weighted by Gasteiger charge is 2.66. The van der Waals surface area contributed by atoms with Crippen molar-refractivity contribution < 1.29 is 19.1 Å². The van der Waals surface area contributed by atoms with Crippen molar-refractivity contribution in [1.82, 2.24) is 0 Å². The first-order chi connectivity index (χ1) is 9.37. The summed E-state index contributed by atoms with van der Waals surface area (Å²) in [6.45, 7) is 9.98. The Labute approximate surface area is 119 Å². The Hall–Kier alpha value is -1.58. The van der Waals surface area contributed by atoms with Crippen molar-refractivity contribution in [2.75, 3.05) is 13.7 Å². The molecule has 2 fully saturated rings. The maximum Gasteiger partial charge on any atom is 0.374 e. The van der Waals surface area contributed by atoms with Crippen molar-refractivity contribution in [3.05, 3.63) is 24.0 Å². The summed E-state index contributed by atoms with van der Waals surface area (Å²) >= 11 is 0. The van der Waals surface area contributed by atoms with Gasteiger partial charge in [0.2, 0.25) is 5.76 Å². The number of ether oxygens (including phenoxy) is 2. The van der Waals surface area contributed by atoms with E-state index in [1.165, 1.54) is 7.11 Å². The van der Waals surface area contributed by atoms with Crippen molar-refractivity contribution in [3.8, 4) is 0 Å². The van der Waals surface area contributed by atoms with E-state index in [-0.39, 0.29) is 29.5 Å². The fraction of sp³-hybridized carbons (Fsp3) is 0.625. The van der Waals surface area contributed by atoms with E-state index in [1.807, 2.05) is 0 Å². The predicted molar refractivity (Wildman–Crippen MR) is 74.8 cm³/mol. The lowest BCUT2D eigenvalue weighted by Crippen LogP contribution is -2.33. The molecule has 0 unspecified atom stereocenters. The average molecular weight is 278 g/mol. The molecule has 2 saturated carbocycles. The van der Waals surface area contributed by atoms with Gasteiger partial charge in [-0.25, -0.2) is 4.79 Å². The molecular weight excluding hydrogens is 256 g/mol. The number of carbonyl (C=O) groups excluding carboxylic acids is 2. The molecule has 0 aromatic rings. The summed E-state index contributed by atoms with van der Waals surface area (Å²) < 4.78 is 10.2. The number of rotatable bonds is 4. The lowest BCUT2D eigenvalue weighted by Gasteiger charge is -2.32. The molecule has 0 amide bonds. The second kappa shape index (κ2) is 4.76. The van der Waals surface area contributed by atoms with Crippen LogP contribution < -0.4 is 0 Å². The van der Waals surface area contributed by atoms with E-state index < -0.39 is 11.4 Å². The van der Waals surface area contributed by atoms with Crippen molar-refractivity contribution >= 4 is 11.8 Å². The number of ketones is 1. The first-order valence-electron chi connectivity index (χ1n) is 7.01. The Morgan fingerprint density at radius 3 is 2.60 bits per heavy atom. The van der Waals surface area contributed by atoms with Gasteiger partial charge in [0.1, 0.15) is 0 Å². The van der Waals surface area contributed by atoms with Crippen LogP contribution in [0.3, 0.4) is 0 Å². The first kappa shape index (κ1) is 14.8. The molecule has 0 radical (unpaired) electrons. The molecule has 2 aliphatic rings. The third-order valence-corrected chi connectivity index (χ3v) is 5.10. The fourth-order valence-electron chi connectivity index (χ4n) is 3.89. The smallest absolute Gasteiger partial charge is 0.374 e. The van der Waals surface area contributed by atoms with Crippen LogP contribution in [0.15, 0.2) is 24.0 Å². The molecule has 4 nitrogen and oxygen atoms in total. The summed E-state index contributed by atoms with van der Waals surface area (Å²) in [5, 5.41) is 0. The van der Waals surface area contributed by atoms with Gasteiger partial charge >= 0.3 is 5.97 Å². The summed E-state index contributed by atoms with van der Waals surface area (Å²) in [6, 6.07) is 0. The molecule has 0 saturated heterocycles. The van der Waals surface area contributed by atoms with Gasteiger partial charge in [0.25, 0.3) is 0 Å². The quantitative estimate of drug-likeness (QED) is 0.343. The van der Waals surface area contributed by atoms with Gasteiger partial charge in [-0.1, -0.05) is 19.9 Å². The van der Waals surface area contributed by atoms with Crippen LogP contribution in [0.4, 0.5) is 0 Å². The van der Waals surface area contributed by atoms with Crippen molar-refractivity contribution in [3.63, 3.8) is 0 Å². The number of hydrogen-bond acceptors (Lipinski definition) is 4. The third-order valence-electron chi connectivity index (χ3n) is 5.10. The van der Waals surface area contributed by atoms with E-state index in [9.17, 15) is 9.59 Å². The zero-order valence-corrected chi connectivity index (χ0v) is 12.6. The number of Topliss-reactive ketones (excluding diaryl/α,β-unsaturated/α-hetero) is 1. The molecule has 0 spiro atoms. The van der Waals surface area contributed by atoms with Gasteiger partial charge in [-0.3, -0.25) is 4.79 Å². The monoisotopic (exact) mass is 278 g/mol. The number of methoxy groups -OCH3 is 1. The molecule has 2 bridgehead atoms. The molecule has 2 aliphatic carbocycles. The number of fused-ring (bicyclic) bond motifs is 2. The van der Waals surface area contributed by atoms with Gasteiger partial charge in [0, 0.05) is 5.57 Å². The largest absolute Gasteiger partial charge is 0.490 e. The van der Waals surface area contributed by atoms with E-state index in [1.54, 1.807) is 13.0 Å². The van der Waals surface area contributed by atoms with Gasteiger partial charge in [0.15, 0.2) is 5.78 Å². The average Bonchev–Trinajstić information content (AvgIpc) is 2.74. The molecule has 110 valence electrons. The van der Waals surface area contributed by atoms with Crippen LogP contribution in [-0.2, 0) is 19.1 Å². The Kier molecular flexibility index (Phi) is 3.53. The van der Waals surface area contributed by atoms with Crippen molar-refractivity contribution in [2.45, 2.75) is 33.6 Å². The Morgan fingerprint density at radius 1 is 1.50 bits per heavy atom. The molecular formula is C16H22O4. The fourth-order valence-corrected chi connectivity index (χ4v) is 3.89. The summed E-state index contributed by atoms with van der Waals surface area (Å²) in [7, 11) is 1.41. The Balaban J connectivity index is 2.57. The van der Waals surface area contributed by atoms with Crippen molar-refractivity contribution in [1.29, 1.82) is 0 Å². The van der Waals surface area contributed by atoms with E-state index in [2.05, 4.69) is 20.4 Å². The minimum absolute atomic E-state index is 0.0207. The lowest BCUT2D eigenvalue weighted by atomic mass is 9.69. The summed E-state index contributed by atoms with van der Waals surface area (Å²) in [5.41, 5.74) is -0.331. The zero-order chi connectivity index (χ0) is 15.1. The molecule has 20 heavy (non-hydrogen) atoms. The molecule has 4 heteroatoms. The Morgan fingerprint density at radius 2 is 2.15 bits per heavy atom. The highest BCUT2D eigenvalue weighted by molar-refractivity contribution is 6.10. The second-order valence-electron chi connectivity index (χ2n) is 5.98. The molecule has 2 rings (SSSR count). The standard InChI is InChI=1S/C16H22O4/c1-6-16-9-8-10(15(16,3)4)11(13(16)17)12(19-5)14(18)20-7-2/h6,10H,1,7-9H2,2-5H3/b12-11-/t10-,16+/m1/s1. The normalized spacial score (nSPS) is 33.0. The van der Waals surface area contributed by atoms with Gasteiger partial charge < -0.3 is 9.47 Å². The Bertz CT molecular complexity index is 501. The SMILES string of the molecule is C=C[C@]12CC[C@H](/C(=C(/OC)C(=O)OCC)C1=O)C2(C)C. The zero-order valence-electron chi connectivity index (χ0n) is 12.6. The number of esters is 1. The lowest BCUT2D eigenvalue weighted by molar-refractivity contribution is -0.142. The van der Waals surface area contributed by atoms with E-state index in [0.29, 0.717) is 5.57 Å². The maximum absolute atomic E-state index is 12.8. The maximum atomic E-state index is 12.8. The van der Waals surface area contributed by atoms with Crippen LogP contribution in [0.2, 0.25) is 0 Å². The summed E-state index contributed by atoms with van der Waals surface area (Å²) in [5.74, 6) is -0.495. The highest BCUT2D eigenvalue weighted by Crippen LogP contribution is 2.66. The minimum Gasteiger partial charge on any atom is -0.490 e. The van der Waals surface area contributed by atoms with E-state index >= 15 is 0 Å². The van der Waals surface area contributed by atoms with Crippen LogP contribution in [-0.4, -0.2) is 25.5 Å². The molecule has 0 aliphatic heterocycles. The molecule has 0 heterocycles. The topological polar surface area (TPSA) is 52.6 Å². The third kappa shape index (κ3) is 1.60. The van der Waals surface area contributed by atoms with E-state index in [0.717, 1.165) is 12.8 Å². The van der Waals surface area contributed by atoms with Gasteiger partial charge in [-0.15, -0.1) is 6.58 Å². The van der Waals surface area contributed by atoms with Crippen molar-refractivity contribution in [2.24, 2.45) is 16.7 Å². The number of hydrogen-bond donors (Lipinski definition) is 0. The molecule has 0 N–H and O–H groups in total.